The number of halogens is 1. The summed E-state index contributed by atoms with van der Waals surface area (Å²) < 4.78 is 24.0. The number of aliphatic imine (C=N–C) groups is 2. The van der Waals surface area contributed by atoms with E-state index in [9.17, 15) is 18.5 Å². The van der Waals surface area contributed by atoms with Gasteiger partial charge in [0.05, 0.1) is 40.4 Å². The summed E-state index contributed by atoms with van der Waals surface area (Å²) in [4.78, 5) is 26.9. The van der Waals surface area contributed by atoms with Crippen molar-refractivity contribution < 1.29 is 13.2 Å². The highest BCUT2D eigenvalue weighted by Crippen LogP contribution is 2.42. The molecule has 0 spiro atoms. The van der Waals surface area contributed by atoms with Crippen molar-refractivity contribution in [1.29, 1.82) is 5.26 Å². The van der Waals surface area contributed by atoms with E-state index in [4.69, 9.17) is 11.6 Å². The maximum atomic E-state index is 13.5. The Kier molecular flexibility index (Phi) is 8.62. The smallest absolute Gasteiger partial charge is 0.201 e. The number of Topliss-reactive ketones (excluding diaryl/α,β-unsaturated/α-hetero) is 1. The molecule has 0 amide bonds. The summed E-state index contributed by atoms with van der Waals surface area (Å²) in [6.07, 6.45) is 5.67. The number of carbonyl (C=O) groups is 1. The van der Waals surface area contributed by atoms with Crippen LogP contribution in [0.15, 0.2) is 56.7 Å². The number of nitrogens with one attached hydrogen (secondary N) is 1. The molecule has 1 saturated heterocycles. The Hall–Kier alpha value is -2.83. The summed E-state index contributed by atoms with van der Waals surface area (Å²) in [6.45, 7) is 9.04. The largest absolute Gasteiger partial charge is 0.336 e. The van der Waals surface area contributed by atoms with Gasteiger partial charge in [0.1, 0.15) is 5.16 Å². The predicted octanol–water partition coefficient (Wildman–Crippen LogP) is 4.19. The number of nitriles is 1. The van der Waals surface area contributed by atoms with Crippen molar-refractivity contribution in [3.8, 4) is 6.07 Å². The molecular formula is C25H30ClN5O3S. The Morgan fingerprint density at radius 2 is 2.14 bits per heavy atom. The van der Waals surface area contributed by atoms with E-state index in [1.54, 1.807) is 13.0 Å². The second kappa shape index (κ2) is 11.3. The van der Waals surface area contributed by atoms with E-state index >= 15 is 0 Å². The van der Waals surface area contributed by atoms with Gasteiger partial charge < -0.3 is 5.32 Å². The standard InChI is InChI=1S/C25H30ClN5O3S/c1-5-21-23(30-16(4)26)22(20-9-7-8-17(20)12-27)15(3)24(32)25(31-21)29-13-18-10-11-19(14-28-18)35(33,34)6-2/h5,10-11,14-15,17,20,22H,4,6-9,13H2,1-3H3,(H,29,31)/b21-5+,30-23?. The number of carbonyl (C=O) groups excluding carboxylic acids is 1. The molecule has 35 heavy (non-hydrogen) atoms. The zero-order chi connectivity index (χ0) is 25.8. The summed E-state index contributed by atoms with van der Waals surface area (Å²) >= 11 is 6.08. The molecule has 1 aromatic rings. The lowest BCUT2D eigenvalue weighted by molar-refractivity contribution is -0.117. The van der Waals surface area contributed by atoms with Gasteiger partial charge in [-0.3, -0.25) is 14.8 Å². The molecule has 3 rings (SSSR count). The monoisotopic (exact) mass is 515 g/mol. The van der Waals surface area contributed by atoms with Crippen LogP contribution in [0.2, 0.25) is 0 Å². The topological polar surface area (TPSA) is 125 Å². The van der Waals surface area contributed by atoms with Gasteiger partial charge in [0.15, 0.2) is 15.7 Å². The predicted molar refractivity (Wildman–Crippen MR) is 137 cm³/mol. The highest BCUT2D eigenvalue weighted by molar-refractivity contribution is 7.91. The molecule has 4 unspecified atom stereocenters. The molecule has 186 valence electrons. The van der Waals surface area contributed by atoms with E-state index in [0.717, 1.165) is 19.3 Å². The normalized spacial score (nSPS) is 28.7. The van der Waals surface area contributed by atoms with Gasteiger partial charge in [-0.15, -0.1) is 0 Å². The van der Waals surface area contributed by atoms with Crippen LogP contribution in [0.1, 0.15) is 45.7 Å². The molecule has 2 heterocycles. The van der Waals surface area contributed by atoms with Crippen LogP contribution in [0.3, 0.4) is 0 Å². The molecule has 1 aliphatic heterocycles. The van der Waals surface area contributed by atoms with Crippen LogP contribution in [0.25, 0.3) is 0 Å². The molecule has 1 aliphatic carbocycles. The van der Waals surface area contributed by atoms with Gasteiger partial charge in [-0.1, -0.05) is 44.5 Å². The van der Waals surface area contributed by atoms with Crippen LogP contribution in [-0.2, 0) is 21.2 Å². The Labute approximate surface area is 211 Å². The lowest BCUT2D eigenvalue weighted by atomic mass is 9.73. The fourth-order valence-corrected chi connectivity index (χ4v) is 5.73. The number of sulfone groups is 1. The lowest BCUT2D eigenvalue weighted by Gasteiger charge is -2.29. The number of aromatic nitrogens is 1. The highest BCUT2D eigenvalue weighted by atomic mass is 35.5. The number of pyridine rings is 1. The van der Waals surface area contributed by atoms with Gasteiger partial charge in [-0.25, -0.2) is 13.4 Å². The third-order valence-electron chi connectivity index (χ3n) is 6.69. The quantitative estimate of drug-likeness (QED) is 0.566. The number of hydrogen-bond acceptors (Lipinski definition) is 7. The third-order valence-corrected chi connectivity index (χ3v) is 8.50. The average Bonchev–Trinajstić information content (AvgIpc) is 3.28. The van der Waals surface area contributed by atoms with Gasteiger partial charge in [-0.05, 0) is 37.8 Å². The van der Waals surface area contributed by atoms with Crippen molar-refractivity contribution in [1.82, 2.24) is 10.3 Å². The van der Waals surface area contributed by atoms with E-state index in [1.807, 2.05) is 19.9 Å². The van der Waals surface area contributed by atoms with Crippen LogP contribution in [-0.4, -0.2) is 36.5 Å². The second-order valence-electron chi connectivity index (χ2n) is 8.76. The van der Waals surface area contributed by atoms with Crippen molar-refractivity contribution in [2.45, 2.75) is 51.5 Å². The Morgan fingerprint density at radius 3 is 2.71 bits per heavy atom. The van der Waals surface area contributed by atoms with E-state index in [-0.39, 0.29) is 51.7 Å². The first-order valence-electron chi connectivity index (χ1n) is 11.7. The summed E-state index contributed by atoms with van der Waals surface area (Å²) in [5.74, 6) is -1.02. The SMILES string of the molecule is C=C(Cl)N=C1/C(=C\C)NC(=NCc2ccc(S(=O)(=O)CC)cn2)C(=O)C(C)C1C1CCCC1C#N. The first kappa shape index (κ1) is 26.8. The fourth-order valence-electron chi connectivity index (χ4n) is 4.82. The van der Waals surface area contributed by atoms with Crippen LogP contribution in [0.4, 0.5) is 0 Å². The Bertz CT molecular complexity index is 1230. The van der Waals surface area contributed by atoms with E-state index < -0.39 is 15.8 Å². The summed E-state index contributed by atoms with van der Waals surface area (Å²) in [7, 11) is -3.35. The summed E-state index contributed by atoms with van der Waals surface area (Å²) in [6, 6.07) is 5.50. The minimum Gasteiger partial charge on any atom is -0.336 e. The van der Waals surface area contributed by atoms with Gasteiger partial charge in [0, 0.05) is 24.0 Å². The van der Waals surface area contributed by atoms with Gasteiger partial charge in [0.2, 0.25) is 5.78 Å². The average molecular weight is 516 g/mol. The molecule has 0 aromatic carbocycles. The molecule has 2 fully saturated rings. The Morgan fingerprint density at radius 1 is 1.40 bits per heavy atom. The maximum Gasteiger partial charge on any atom is 0.201 e. The minimum atomic E-state index is -3.35. The number of hydrogen-bond donors (Lipinski definition) is 1. The molecule has 2 aliphatic rings. The molecule has 1 N–H and O–H groups in total. The molecule has 1 aromatic heterocycles. The van der Waals surface area contributed by atoms with Crippen molar-refractivity contribution in [2.75, 3.05) is 5.75 Å². The molecule has 10 heteroatoms. The molecule has 0 bridgehead atoms. The second-order valence-corrected chi connectivity index (χ2v) is 11.5. The van der Waals surface area contributed by atoms with Gasteiger partial charge in [0.25, 0.3) is 0 Å². The van der Waals surface area contributed by atoms with Crippen molar-refractivity contribution in [3.63, 3.8) is 0 Å². The zero-order valence-corrected chi connectivity index (χ0v) is 21.7. The number of ketones is 1. The molecular weight excluding hydrogens is 486 g/mol. The number of rotatable bonds is 6. The van der Waals surface area contributed by atoms with Crippen molar-refractivity contribution >= 4 is 38.8 Å². The summed E-state index contributed by atoms with van der Waals surface area (Å²) in [5.41, 5.74) is 1.74. The third kappa shape index (κ3) is 5.88. The molecule has 0 radical (unpaired) electrons. The zero-order valence-electron chi connectivity index (χ0n) is 20.2. The van der Waals surface area contributed by atoms with Crippen LogP contribution >= 0.6 is 11.6 Å². The highest BCUT2D eigenvalue weighted by Gasteiger charge is 2.45. The fraction of sp³-hybridized carbons (Fsp3) is 0.480. The molecule has 8 nitrogen and oxygen atoms in total. The van der Waals surface area contributed by atoms with E-state index in [0.29, 0.717) is 17.1 Å². The Balaban J connectivity index is 1.97. The molecule has 4 atom stereocenters. The molecule has 1 saturated carbocycles. The van der Waals surface area contributed by atoms with Gasteiger partial charge in [-0.2, -0.15) is 5.26 Å². The first-order valence-corrected chi connectivity index (χ1v) is 13.7. The summed E-state index contributed by atoms with van der Waals surface area (Å²) in [5, 5.41) is 12.9. The maximum absolute atomic E-state index is 13.5. The number of amidine groups is 1. The van der Waals surface area contributed by atoms with Crippen molar-refractivity contribution in [3.05, 3.63) is 47.5 Å². The van der Waals surface area contributed by atoms with Crippen molar-refractivity contribution in [2.24, 2.45) is 33.7 Å². The van der Waals surface area contributed by atoms with Crippen LogP contribution in [0.5, 0.6) is 0 Å². The van der Waals surface area contributed by atoms with Gasteiger partial charge >= 0.3 is 0 Å². The van der Waals surface area contributed by atoms with Crippen LogP contribution in [0, 0.1) is 35.0 Å². The minimum absolute atomic E-state index is 0.00774. The first-order chi connectivity index (χ1) is 16.6. The lowest BCUT2D eigenvalue weighted by Crippen LogP contribution is -2.35. The number of allylic oxidation sites excluding steroid dienone is 2. The number of nitrogens with zero attached hydrogens (tertiary/aromatic N) is 4. The van der Waals surface area contributed by atoms with E-state index in [2.05, 4.69) is 32.9 Å². The van der Waals surface area contributed by atoms with Crippen LogP contribution < -0.4 is 5.32 Å². The van der Waals surface area contributed by atoms with E-state index in [1.165, 1.54) is 12.3 Å².